The van der Waals surface area contributed by atoms with Crippen LogP contribution in [0.25, 0.3) is 22.8 Å². The highest BCUT2D eigenvalue weighted by Crippen LogP contribution is 2.21. The van der Waals surface area contributed by atoms with Gasteiger partial charge < -0.3 is 9.52 Å². The lowest BCUT2D eigenvalue weighted by Crippen LogP contribution is -2.16. The van der Waals surface area contributed by atoms with E-state index in [2.05, 4.69) is 34.1 Å². The van der Waals surface area contributed by atoms with E-state index in [0.717, 1.165) is 12.0 Å². The fraction of sp³-hybridized carbons (Fsp3) is 0.375. The van der Waals surface area contributed by atoms with Crippen molar-refractivity contribution < 1.29 is 9.52 Å². The van der Waals surface area contributed by atoms with Crippen LogP contribution < -0.4 is 0 Å². The minimum absolute atomic E-state index is 0.0366. The average molecular weight is 313 g/mol. The SMILES string of the molecule is CC(C)C[C@@H](CO)n1cc(-c2cnc(-c3ccco3)nc2)nn1. The molecule has 0 radical (unpaired) electrons. The standard InChI is InChI=1S/C16H19N5O2/c1-11(2)6-13(10-22)21-9-14(19-20-21)12-7-17-16(18-8-12)15-4-3-5-23-15/h3-5,7-9,11,13,22H,6,10H2,1-2H3/t13-/m0/s1. The predicted octanol–water partition coefficient (Wildman–Crippen LogP) is 2.57. The molecule has 3 rings (SSSR count). The largest absolute Gasteiger partial charge is 0.461 e. The topological polar surface area (TPSA) is 89.9 Å². The average Bonchev–Trinajstić information content (AvgIpc) is 3.24. The first-order valence-corrected chi connectivity index (χ1v) is 7.56. The van der Waals surface area contributed by atoms with Crippen LogP contribution in [0.5, 0.6) is 0 Å². The number of rotatable bonds is 6. The monoisotopic (exact) mass is 313 g/mol. The maximum Gasteiger partial charge on any atom is 0.195 e. The zero-order chi connectivity index (χ0) is 16.2. The normalized spacial score (nSPS) is 12.7. The summed E-state index contributed by atoms with van der Waals surface area (Å²) in [5, 5.41) is 17.8. The highest BCUT2D eigenvalue weighted by molar-refractivity contribution is 5.57. The summed E-state index contributed by atoms with van der Waals surface area (Å²) in [6.07, 6.45) is 7.62. The van der Waals surface area contributed by atoms with E-state index in [-0.39, 0.29) is 12.6 Å². The molecule has 3 heterocycles. The molecule has 3 aromatic rings. The highest BCUT2D eigenvalue weighted by atomic mass is 16.3. The molecule has 3 aromatic heterocycles. The lowest BCUT2D eigenvalue weighted by Gasteiger charge is -2.15. The van der Waals surface area contributed by atoms with Gasteiger partial charge in [-0.1, -0.05) is 19.1 Å². The molecule has 0 saturated carbocycles. The second-order valence-electron chi connectivity index (χ2n) is 5.82. The molecule has 0 fully saturated rings. The summed E-state index contributed by atoms with van der Waals surface area (Å²) in [6, 6.07) is 3.53. The van der Waals surface area contributed by atoms with Gasteiger partial charge in [0.2, 0.25) is 0 Å². The van der Waals surface area contributed by atoms with Gasteiger partial charge in [0.05, 0.1) is 25.1 Å². The van der Waals surface area contributed by atoms with E-state index < -0.39 is 0 Å². The molecule has 7 heteroatoms. The van der Waals surface area contributed by atoms with Crippen molar-refractivity contribution in [3.8, 4) is 22.8 Å². The van der Waals surface area contributed by atoms with Gasteiger partial charge in [-0.2, -0.15) is 0 Å². The molecule has 23 heavy (non-hydrogen) atoms. The summed E-state index contributed by atoms with van der Waals surface area (Å²) in [6.45, 7) is 4.26. The smallest absolute Gasteiger partial charge is 0.195 e. The van der Waals surface area contributed by atoms with Crippen LogP contribution in [-0.4, -0.2) is 36.7 Å². The Labute approximate surface area is 134 Å². The number of furan rings is 1. The molecular weight excluding hydrogens is 294 g/mol. The fourth-order valence-corrected chi connectivity index (χ4v) is 2.39. The van der Waals surface area contributed by atoms with Crippen molar-refractivity contribution in [2.24, 2.45) is 5.92 Å². The second-order valence-corrected chi connectivity index (χ2v) is 5.82. The molecule has 0 unspecified atom stereocenters. The molecule has 120 valence electrons. The van der Waals surface area contributed by atoms with Crippen molar-refractivity contribution in [3.63, 3.8) is 0 Å². The molecule has 0 aliphatic heterocycles. The third kappa shape index (κ3) is 3.45. The summed E-state index contributed by atoms with van der Waals surface area (Å²) in [4.78, 5) is 8.58. The molecule has 0 spiro atoms. The van der Waals surface area contributed by atoms with E-state index in [0.29, 0.717) is 23.2 Å². The number of hydrogen-bond donors (Lipinski definition) is 1. The van der Waals surface area contributed by atoms with E-state index >= 15 is 0 Å². The lowest BCUT2D eigenvalue weighted by molar-refractivity contribution is 0.196. The zero-order valence-electron chi connectivity index (χ0n) is 13.1. The molecular formula is C16H19N5O2. The number of nitrogens with zero attached hydrogens (tertiary/aromatic N) is 5. The van der Waals surface area contributed by atoms with Gasteiger partial charge in [-0.15, -0.1) is 5.10 Å². The summed E-state index contributed by atoms with van der Waals surface area (Å²) in [7, 11) is 0. The van der Waals surface area contributed by atoms with Gasteiger partial charge in [0.25, 0.3) is 0 Å². The first-order chi connectivity index (χ1) is 11.2. The zero-order valence-corrected chi connectivity index (χ0v) is 13.1. The van der Waals surface area contributed by atoms with Crippen molar-refractivity contribution in [2.45, 2.75) is 26.3 Å². The Morgan fingerprint density at radius 1 is 1.26 bits per heavy atom. The molecule has 0 aliphatic carbocycles. The fourth-order valence-electron chi connectivity index (χ4n) is 2.39. The Hall–Kier alpha value is -2.54. The molecule has 0 saturated heterocycles. The molecule has 0 amide bonds. The lowest BCUT2D eigenvalue weighted by atomic mass is 10.0. The molecule has 0 bridgehead atoms. The number of aromatic nitrogens is 5. The minimum atomic E-state index is -0.0699. The van der Waals surface area contributed by atoms with Crippen molar-refractivity contribution in [2.75, 3.05) is 6.61 Å². The summed E-state index contributed by atoms with van der Waals surface area (Å²) in [5.74, 6) is 1.62. The van der Waals surface area contributed by atoms with Gasteiger partial charge in [0.1, 0.15) is 5.69 Å². The molecule has 0 aromatic carbocycles. The number of hydrogen-bond acceptors (Lipinski definition) is 6. The summed E-state index contributed by atoms with van der Waals surface area (Å²) >= 11 is 0. The second kappa shape index (κ2) is 6.70. The maximum atomic E-state index is 9.53. The Bertz CT molecular complexity index is 734. The van der Waals surface area contributed by atoms with E-state index in [1.807, 2.05) is 12.3 Å². The van der Waals surface area contributed by atoms with Crippen LogP contribution in [-0.2, 0) is 0 Å². The van der Waals surface area contributed by atoms with E-state index in [9.17, 15) is 5.11 Å². The van der Waals surface area contributed by atoms with Crippen LogP contribution in [0.1, 0.15) is 26.3 Å². The number of aliphatic hydroxyl groups excluding tert-OH is 1. The summed E-state index contributed by atoms with van der Waals surface area (Å²) < 4.78 is 6.97. The van der Waals surface area contributed by atoms with Crippen molar-refractivity contribution >= 4 is 0 Å². The third-order valence-corrected chi connectivity index (χ3v) is 3.53. The summed E-state index contributed by atoms with van der Waals surface area (Å²) in [5.41, 5.74) is 1.45. The van der Waals surface area contributed by atoms with Crippen molar-refractivity contribution in [1.29, 1.82) is 0 Å². The van der Waals surface area contributed by atoms with E-state index in [1.165, 1.54) is 0 Å². The Morgan fingerprint density at radius 2 is 2.04 bits per heavy atom. The van der Waals surface area contributed by atoms with E-state index in [1.54, 1.807) is 29.4 Å². The maximum absolute atomic E-state index is 9.53. The Balaban J connectivity index is 1.80. The van der Waals surface area contributed by atoms with Gasteiger partial charge in [-0.25, -0.2) is 14.6 Å². The van der Waals surface area contributed by atoms with Crippen LogP contribution >= 0.6 is 0 Å². The quantitative estimate of drug-likeness (QED) is 0.752. The van der Waals surface area contributed by atoms with Crippen molar-refractivity contribution in [3.05, 3.63) is 37.0 Å². The van der Waals surface area contributed by atoms with E-state index in [4.69, 9.17) is 4.42 Å². The van der Waals surface area contributed by atoms with Crippen LogP contribution in [0.3, 0.4) is 0 Å². The van der Waals surface area contributed by atoms with Crippen molar-refractivity contribution in [1.82, 2.24) is 25.0 Å². The van der Waals surface area contributed by atoms with Crippen LogP contribution in [0.15, 0.2) is 41.4 Å². The highest BCUT2D eigenvalue weighted by Gasteiger charge is 2.15. The van der Waals surface area contributed by atoms with Crippen LogP contribution in [0.2, 0.25) is 0 Å². The van der Waals surface area contributed by atoms with Crippen LogP contribution in [0, 0.1) is 5.92 Å². The number of aliphatic hydroxyl groups is 1. The Kier molecular flexibility index (Phi) is 4.47. The first kappa shape index (κ1) is 15.4. The molecule has 1 atom stereocenters. The third-order valence-electron chi connectivity index (χ3n) is 3.53. The first-order valence-electron chi connectivity index (χ1n) is 7.56. The molecule has 1 N–H and O–H groups in total. The Morgan fingerprint density at radius 3 is 2.65 bits per heavy atom. The van der Waals surface area contributed by atoms with Gasteiger partial charge in [-0.05, 0) is 24.5 Å². The van der Waals surface area contributed by atoms with Crippen LogP contribution in [0.4, 0.5) is 0 Å². The molecule has 0 aliphatic rings. The van der Waals surface area contributed by atoms with Gasteiger partial charge in [0.15, 0.2) is 11.6 Å². The van der Waals surface area contributed by atoms with Gasteiger partial charge in [0, 0.05) is 18.0 Å². The molecule has 7 nitrogen and oxygen atoms in total. The van der Waals surface area contributed by atoms with Gasteiger partial charge >= 0.3 is 0 Å². The van der Waals surface area contributed by atoms with Gasteiger partial charge in [-0.3, -0.25) is 0 Å². The predicted molar refractivity (Wildman–Crippen MR) is 84.3 cm³/mol. The minimum Gasteiger partial charge on any atom is -0.461 e.